The molecule has 6 heteroatoms. The molecule has 0 saturated carbocycles. The molecular weight excluding hydrogens is 326 g/mol. The number of likely N-dealkylation sites (tertiary alicyclic amines) is 1. The van der Waals surface area contributed by atoms with Gasteiger partial charge in [0.15, 0.2) is 5.88 Å². The lowest BCUT2D eigenvalue weighted by Gasteiger charge is -2.22. The van der Waals surface area contributed by atoms with Crippen molar-refractivity contribution in [2.45, 2.75) is 19.0 Å². The predicted octanol–water partition coefficient (Wildman–Crippen LogP) is 2.31. The van der Waals surface area contributed by atoms with Gasteiger partial charge >= 0.3 is 0 Å². The third kappa shape index (κ3) is 2.53. The van der Waals surface area contributed by atoms with Gasteiger partial charge in [-0.3, -0.25) is 9.88 Å². The zero-order valence-corrected chi connectivity index (χ0v) is 14.6. The van der Waals surface area contributed by atoms with E-state index in [2.05, 4.69) is 26.3 Å². The van der Waals surface area contributed by atoms with Crippen molar-refractivity contribution in [1.29, 1.82) is 0 Å². The van der Waals surface area contributed by atoms with Crippen molar-refractivity contribution in [3.8, 4) is 17.1 Å². The smallest absolute Gasteiger partial charge is 0.199 e. The van der Waals surface area contributed by atoms with Crippen LogP contribution in [0.15, 0.2) is 36.5 Å². The summed E-state index contributed by atoms with van der Waals surface area (Å²) < 4.78 is 0. The van der Waals surface area contributed by atoms with E-state index in [-0.39, 0.29) is 5.88 Å². The van der Waals surface area contributed by atoms with Crippen molar-refractivity contribution >= 4 is 16.6 Å². The first-order valence-electron chi connectivity index (χ1n) is 9.19. The lowest BCUT2D eigenvalue weighted by atomic mass is 10.0. The normalized spacial score (nSPS) is 22.9. The quantitative estimate of drug-likeness (QED) is 0.545. The van der Waals surface area contributed by atoms with Crippen LogP contribution in [0.5, 0.6) is 5.88 Å². The highest BCUT2D eigenvalue weighted by atomic mass is 16.3. The molecule has 2 fully saturated rings. The first-order chi connectivity index (χ1) is 12.7. The van der Waals surface area contributed by atoms with Crippen molar-refractivity contribution in [1.82, 2.24) is 20.2 Å². The molecule has 2 saturated heterocycles. The van der Waals surface area contributed by atoms with E-state index in [4.69, 9.17) is 5.73 Å². The number of nitrogens with two attached hydrogens (primary N) is 1. The van der Waals surface area contributed by atoms with Crippen LogP contribution < -0.4 is 11.1 Å². The number of nitrogens with zero attached hydrogens (tertiary/aromatic N) is 2. The number of nitrogens with one attached hydrogen (secondary N) is 2. The maximum atomic E-state index is 10.3. The molecule has 26 heavy (non-hydrogen) atoms. The highest BCUT2D eigenvalue weighted by Gasteiger charge is 2.37. The molecule has 2 atom stereocenters. The highest BCUT2D eigenvalue weighted by Crippen LogP contribution is 2.36. The van der Waals surface area contributed by atoms with Crippen LogP contribution in [0, 0.1) is 5.92 Å². The van der Waals surface area contributed by atoms with E-state index in [0.717, 1.165) is 42.1 Å². The fourth-order valence-electron chi connectivity index (χ4n) is 4.49. The number of hydrogen-bond donors (Lipinski definition) is 4. The molecule has 2 aliphatic heterocycles. The number of H-pyrrole nitrogens is 1. The maximum Gasteiger partial charge on any atom is 0.199 e. The summed E-state index contributed by atoms with van der Waals surface area (Å²) in [7, 11) is 0. The minimum absolute atomic E-state index is 0.130. The summed E-state index contributed by atoms with van der Waals surface area (Å²) in [5.74, 6) is 0.932. The summed E-state index contributed by atoms with van der Waals surface area (Å²) in [6.07, 6.45) is 3.21. The number of rotatable bonds is 3. The van der Waals surface area contributed by atoms with E-state index in [1.807, 2.05) is 30.5 Å². The molecule has 3 aromatic rings. The van der Waals surface area contributed by atoms with Crippen LogP contribution in [0.4, 0.5) is 5.69 Å². The summed E-state index contributed by atoms with van der Waals surface area (Å²) in [5.41, 5.74) is 10.1. The van der Waals surface area contributed by atoms with Crippen molar-refractivity contribution in [3.63, 3.8) is 0 Å². The van der Waals surface area contributed by atoms with Gasteiger partial charge in [0.1, 0.15) is 0 Å². The van der Waals surface area contributed by atoms with E-state index in [1.165, 1.54) is 18.5 Å². The Kier molecular flexibility index (Phi) is 3.62. The molecule has 6 nitrogen and oxygen atoms in total. The monoisotopic (exact) mass is 349 g/mol. The van der Waals surface area contributed by atoms with Crippen LogP contribution in [0.1, 0.15) is 12.0 Å². The van der Waals surface area contributed by atoms with E-state index < -0.39 is 0 Å². The van der Waals surface area contributed by atoms with Gasteiger partial charge in [0, 0.05) is 41.9 Å². The second-order valence-electron chi connectivity index (χ2n) is 7.45. The van der Waals surface area contributed by atoms with Crippen molar-refractivity contribution in [3.05, 3.63) is 42.1 Å². The van der Waals surface area contributed by atoms with Gasteiger partial charge in [-0.05, 0) is 55.3 Å². The second-order valence-corrected chi connectivity index (χ2v) is 7.45. The standard InChI is InChI=1S/C20H23N5O/c21-14-2-4-16-15(7-14)19(20(26)24-16)17-3-1-12(8-23-17)11-25-6-5-13-9-22-10-18(13)25/h1-4,7-8,13,18,22,24,26H,5-6,9-11,21H2/t13-,18+/m1/s1. The molecule has 1 aromatic carbocycles. The van der Waals surface area contributed by atoms with E-state index in [9.17, 15) is 5.11 Å². The van der Waals surface area contributed by atoms with E-state index in [0.29, 0.717) is 17.3 Å². The number of fused-ring (bicyclic) bond motifs is 2. The van der Waals surface area contributed by atoms with Crippen LogP contribution in [0.2, 0.25) is 0 Å². The molecule has 134 valence electrons. The minimum atomic E-state index is 0.130. The zero-order valence-electron chi connectivity index (χ0n) is 14.6. The van der Waals surface area contributed by atoms with Gasteiger partial charge in [-0.25, -0.2) is 0 Å². The van der Waals surface area contributed by atoms with Crippen molar-refractivity contribution < 1.29 is 5.11 Å². The summed E-state index contributed by atoms with van der Waals surface area (Å²) in [6, 6.07) is 10.3. The third-order valence-corrected chi connectivity index (χ3v) is 5.83. The molecule has 2 aliphatic rings. The Morgan fingerprint density at radius 1 is 1.23 bits per heavy atom. The molecule has 0 aliphatic carbocycles. The molecule has 0 radical (unpaired) electrons. The first-order valence-corrected chi connectivity index (χ1v) is 9.19. The van der Waals surface area contributed by atoms with Gasteiger partial charge in [0.2, 0.25) is 0 Å². The van der Waals surface area contributed by atoms with E-state index in [1.54, 1.807) is 0 Å². The molecule has 0 amide bonds. The number of anilines is 1. The zero-order chi connectivity index (χ0) is 17.7. The van der Waals surface area contributed by atoms with Gasteiger partial charge in [-0.15, -0.1) is 0 Å². The van der Waals surface area contributed by atoms with Gasteiger partial charge in [-0.2, -0.15) is 0 Å². The topological polar surface area (TPSA) is 90.2 Å². The van der Waals surface area contributed by atoms with Crippen molar-refractivity contribution in [2.24, 2.45) is 5.92 Å². The minimum Gasteiger partial charge on any atom is -0.494 e. The molecule has 0 spiro atoms. The fraction of sp³-hybridized carbons (Fsp3) is 0.350. The van der Waals surface area contributed by atoms with E-state index >= 15 is 0 Å². The number of benzene rings is 1. The Bertz CT molecular complexity index is 949. The largest absolute Gasteiger partial charge is 0.494 e. The predicted molar refractivity (Wildman–Crippen MR) is 103 cm³/mol. The summed E-state index contributed by atoms with van der Waals surface area (Å²) >= 11 is 0. The number of aromatic nitrogens is 2. The average molecular weight is 349 g/mol. The molecule has 0 bridgehead atoms. The maximum absolute atomic E-state index is 10.3. The van der Waals surface area contributed by atoms with Crippen LogP contribution in [0.25, 0.3) is 22.2 Å². The number of pyridine rings is 1. The number of nitrogen functional groups attached to an aromatic ring is 1. The number of hydrogen-bond acceptors (Lipinski definition) is 5. The molecule has 5 rings (SSSR count). The number of aromatic amines is 1. The van der Waals surface area contributed by atoms with Crippen molar-refractivity contribution in [2.75, 3.05) is 25.4 Å². The highest BCUT2D eigenvalue weighted by molar-refractivity contribution is 5.99. The van der Waals surface area contributed by atoms with Gasteiger partial charge in [0.25, 0.3) is 0 Å². The molecule has 2 aromatic heterocycles. The Morgan fingerprint density at radius 2 is 2.15 bits per heavy atom. The Balaban J connectivity index is 1.42. The van der Waals surface area contributed by atoms with Gasteiger partial charge in [0.05, 0.1) is 11.3 Å². The SMILES string of the molecule is Nc1ccc2[nH]c(O)c(-c3ccc(CN4CC[C@@H]5CNC[C@@H]54)cn3)c2c1. The lowest BCUT2D eigenvalue weighted by molar-refractivity contribution is 0.244. The Morgan fingerprint density at radius 3 is 3.00 bits per heavy atom. The van der Waals surface area contributed by atoms with Gasteiger partial charge < -0.3 is 21.1 Å². The Labute approximate surface area is 152 Å². The molecular formula is C20H23N5O. The van der Waals surface area contributed by atoms with Crippen LogP contribution in [-0.2, 0) is 6.54 Å². The summed E-state index contributed by atoms with van der Waals surface area (Å²) in [4.78, 5) is 10.2. The first kappa shape index (κ1) is 15.7. The fourth-order valence-corrected chi connectivity index (χ4v) is 4.49. The third-order valence-electron chi connectivity index (χ3n) is 5.83. The van der Waals surface area contributed by atoms with Gasteiger partial charge in [-0.1, -0.05) is 6.07 Å². The lowest BCUT2D eigenvalue weighted by Crippen LogP contribution is -2.33. The van der Waals surface area contributed by atoms with Crippen LogP contribution in [0.3, 0.4) is 0 Å². The second kappa shape index (κ2) is 6.00. The average Bonchev–Trinajstić information content (AvgIpc) is 3.31. The summed E-state index contributed by atoms with van der Waals surface area (Å²) in [5, 5.41) is 14.7. The Hall–Kier alpha value is -2.57. The molecule has 0 unspecified atom stereocenters. The molecule has 5 N–H and O–H groups in total. The number of aromatic hydroxyl groups is 1. The summed E-state index contributed by atoms with van der Waals surface area (Å²) in [6.45, 7) is 4.35. The molecule has 4 heterocycles. The van der Waals surface area contributed by atoms with Crippen LogP contribution in [-0.4, -0.2) is 45.7 Å². The van der Waals surface area contributed by atoms with Crippen LogP contribution >= 0.6 is 0 Å².